The summed E-state index contributed by atoms with van der Waals surface area (Å²) in [5.74, 6) is -0.478. The van der Waals surface area contributed by atoms with Crippen LogP contribution in [0.2, 0.25) is 0 Å². The Balaban J connectivity index is 2.88. The van der Waals surface area contributed by atoms with Gasteiger partial charge in [0.05, 0.1) is 4.90 Å². The number of benzene rings is 1. The van der Waals surface area contributed by atoms with Crippen molar-refractivity contribution in [3.8, 4) is 0 Å². The summed E-state index contributed by atoms with van der Waals surface area (Å²) in [5, 5.41) is 4.49. The molecule has 0 aliphatic carbocycles. The average Bonchev–Trinajstić information content (AvgIpc) is 2.39. The smallest absolute Gasteiger partial charge is 0.308 e. The number of hydrogen-bond donors (Lipinski definition) is 2. The molecule has 0 radical (unpaired) electrons. The standard InChI is InChI=1S/C13H19N3O4S/c1-4-16(5-2)21(19,20)12-8-6-11(7-9-12)15-13(18)14-10(3)17/h6-9H,4-5H2,1-3H3,(H2,14,15,17,18). The van der Waals surface area contributed by atoms with Gasteiger partial charge in [0, 0.05) is 25.7 Å². The lowest BCUT2D eigenvalue weighted by Gasteiger charge is -2.18. The predicted molar refractivity (Wildman–Crippen MR) is 79.4 cm³/mol. The van der Waals surface area contributed by atoms with Crippen LogP contribution in [-0.4, -0.2) is 37.8 Å². The van der Waals surface area contributed by atoms with Crippen molar-refractivity contribution in [1.29, 1.82) is 0 Å². The number of rotatable bonds is 5. The third kappa shape index (κ3) is 4.54. The highest BCUT2D eigenvalue weighted by Crippen LogP contribution is 2.18. The molecule has 0 aliphatic rings. The van der Waals surface area contributed by atoms with Crippen LogP contribution in [0.1, 0.15) is 20.8 Å². The Morgan fingerprint density at radius 3 is 2.05 bits per heavy atom. The monoisotopic (exact) mass is 313 g/mol. The number of carbonyl (C=O) groups excluding carboxylic acids is 2. The molecule has 1 rings (SSSR count). The molecular formula is C13H19N3O4S. The number of urea groups is 1. The van der Waals surface area contributed by atoms with Gasteiger partial charge in [-0.3, -0.25) is 10.1 Å². The summed E-state index contributed by atoms with van der Waals surface area (Å²) in [6.45, 7) is 5.53. The molecule has 1 aromatic rings. The van der Waals surface area contributed by atoms with Gasteiger partial charge < -0.3 is 5.32 Å². The molecule has 0 spiro atoms. The zero-order chi connectivity index (χ0) is 16.0. The van der Waals surface area contributed by atoms with Gasteiger partial charge >= 0.3 is 6.03 Å². The van der Waals surface area contributed by atoms with E-state index in [1.54, 1.807) is 13.8 Å². The molecule has 0 saturated heterocycles. The SMILES string of the molecule is CCN(CC)S(=O)(=O)c1ccc(NC(=O)NC(C)=O)cc1. The number of amides is 3. The van der Waals surface area contributed by atoms with Gasteiger partial charge in [0.25, 0.3) is 0 Å². The van der Waals surface area contributed by atoms with Crippen molar-refractivity contribution in [3.63, 3.8) is 0 Å². The molecule has 0 bridgehead atoms. The summed E-state index contributed by atoms with van der Waals surface area (Å²) in [6, 6.07) is 5.10. The van der Waals surface area contributed by atoms with Crippen molar-refractivity contribution in [3.05, 3.63) is 24.3 Å². The zero-order valence-corrected chi connectivity index (χ0v) is 13.0. The molecular weight excluding hydrogens is 294 g/mol. The van der Waals surface area contributed by atoms with Crippen LogP contribution in [0.25, 0.3) is 0 Å². The van der Waals surface area contributed by atoms with Crippen LogP contribution in [0.4, 0.5) is 10.5 Å². The van der Waals surface area contributed by atoms with Crippen LogP contribution < -0.4 is 10.6 Å². The zero-order valence-electron chi connectivity index (χ0n) is 12.2. The first-order chi connectivity index (χ1) is 9.81. The first-order valence-corrected chi connectivity index (χ1v) is 7.94. The van der Waals surface area contributed by atoms with Crippen molar-refractivity contribution in [1.82, 2.24) is 9.62 Å². The number of nitrogens with one attached hydrogen (secondary N) is 2. The van der Waals surface area contributed by atoms with Crippen LogP contribution in [0.5, 0.6) is 0 Å². The fourth-order valence-electron chi connectivity index (χ4n) is 1.75. The van der Waals surface area contributed by atoms with E-state index < -0.39 is 22.0 Å². The highest BCUT2D eigenvalue weighted by Gasteiger charge is 2.21. The minimum atomic E-state index is -3.51. The van der Waals surface area contributed by atoms with Gasteiger partial charge in [-0.1, -0.05) is 13.8 Å². The van der Waals surface area contributed by atoms with E-state index in [1.807, 2.05) is 0 Å². The van der Waals surface area contributed by atoms with E-state index >= 15 is 0 Å². The van der Waals surface area contributed by atoms with E-state index in [2.05, 4.69) is 10.6 Å². The van der Waals surface area contributed by atoms with Crippen molar-refractivity contribution < 1.29 is 18.0 Å². The van der Waals surface area contributed by atoms with E-state index in [9.17, 15) is 18.0 Å². The summed E-state index contributed by atoms with van der Waals surface area (Å²) in [4.78, 5) is 22.2. The molecule has 116 valence electrons. The fraction of sp³-hybridized carbons (Fsp3) is 0.385. The van der Waals surface area contributed by atoms with Gasteiger partial charge in [0.15, 0.2) is 0 Å². The van der Waals surface area contributed by atoms with Crippen molar-refractivity contribution in [2.24, 2.45) is 0 Å². The van der Waals surface area contributed by atoms with Crippen LogP contribution in [-0.2, 0) is 14.8 Å². The van der Waals surface area contributed by atoms with Gasteiger partial charge in [-0.05, 0) is 24.3 Å². The molecule has 3 amide bonds. The second-order valence-electron chi connectivity index (χ2n) is 4.25. The number of hydrogen-bond acceptors (Lipinski definition) is 4. The van der Waals surface area contributed by atoms with E-state index in [0.717, 1.165) is 0 Å². The van der Waals surface area contributed by atoms with Crippen LogP contribution in [0.15, 0.2) is 29.2 Å². The molecule has 0 saturated carbocycles. The Labute approximate surface area is 124 Å². The molecule has 8 heteroatoms. The number of sulfonamides is 1. The first-order valence-electron chi connectivity index (χ1n) is 6.50. The van der Waals surface area contributed by atoms with E-state index in [0.29, 0.717) is 18.8 Å². The molecule has 0 fully saturated rings. The molecule has 0 heterocycles. The van der Waals surface area contributed by atoms with E-state index in [-0.39, 0.29) is 4.90 Å². The predicted octanol–water partition coefficient (Wildman–Crippen LogP) is 1.39. The third-order valence-corrected chi connectivity index (χ3v) is 4.81. The Bertz CT molecular complexity index is 607. The normalized spacial score (nSPS) is 11.2. The molecule has 2 N–H and O–H groups in total. The second-order valence-corrected chi connectivity index (χ2v) is 6.19. The van der Waals surface area contributed by atoms with Gasteiger partial charge in [-0.2, -0.15) is 4.31 Å². The topological polar surface area (TPSA) is 95.6 Å². The van der Waals surface area contributed by atoms with E-state index in [1.165, 1.54) is 35.5 Å². The van der Waals surface area contributed by atoms with Gasteiger partial charge in [0.1, 0.15) is 0 Å². The van der Waals surface area contributed by atoms with E-state index in [4.69, 9.17) is 0 Å². The van der Waals surface area contributed by atoms with Crippen LogP contribution >= 0.6 is 0 Å². The maximum absolute atomic E-state index is 12.3. The summed E-state index contributed by atoms with van der Waals surface area (Å²) in [6.07, 6.45) is 0. The third-order valence-electron chi connectivity index (χ3n) is 2.74. The Morgan fingerprint density at radius 1 is 1.10 bits per heavy atom. The molecule has 0 aromatic heterocycles. The van der Waals surface area contributed by atoms with Crippen molar-refractivity contribution >= 4 is 27.6 Å². The Morgan fingerprint density at radius 2 is 1.62 bits per heavy atom. The summed E-state index contributed by atoms with van der Waals surface area (Å²) in [5.41, 5.74) is 0.396. The molecule has 21 heavy (non-hydrogen) atoms. The summed E-state index contributed by atoms with van der Waals surface area (Å²) < 4.78 is 25.9. The summed E-state index contributed by atoms with van der Waals surface area (Å²) in [7, 11) is -3.51. The van der Waals surface area contributed by atoms with Gasteiger partial charge in [-0.25, -0.2) is 13.2 Å². The number of carbonyl (C=O) groups is 2. The minimum absolute atomic E-state index is 0.156. The lowest BCUT2D eigenvalue weighted by Crippen LogP contribution is -2.32. The highest BCUT2D eigenvalue weighted by atomic mass is 32.2. The lowest BCUT2D eigenvalue weighted by atomic mass is 10.3. The molecule has 0 aliphatic heterocycles. The van der Waals surface area contributed by atoms with Crippen LogP contribution in [0, 0.1) is 0 Å². The first kappa shape index (κ1) is 17.1. The Kier molecular flexibility index (Phi) is 5.86. The Hall–Kier alpha value is -1.93. The van der Waals surface area contributed by atoms with Gasteiger partial charge in [0.2, 0.25) is 15.9 Å². The molecule has 7 nitrogen and oxygen atoms in total. The van der Waals surface area contributed by atoms with Crippen molar-refractivity contribution in [2.45, 2.75) is 25.7 Å². The number of nitrogens with zero attached hydrogens (tertiary/aromatic N) is 1. The van der Waals surface area contributed by atoms with Gasteiger partial charge in [-0.15, -0.1) is 0 Å². The average molecular weight is 313 g/mol. The number of imide groups is 1. The molecule has 0 unspecified atom stereocenters. The lowest BCUT2D eigenvalue weighted by molar-refractivity contribution is -0.117. The van der Waals surface area contributed by atoms with Crippen LogP contribution in [0.3, 0.4) is 0 Å². The highest BCUT2D eigenvalue weighted by molar-refractivity contribution is 7.89. The second kappa shape index (κ2) is 7.19. The van der Waals surface area contributed by atoms with Crippen molar-refractivity contribution in [2.75, 3.05) is 18.4 Å². The fourth-order valence-corrected chi connectivity index (χ4v) is 3.20. The number of anilines is 1. The quantitative estimate of drug-likeness (QED) is 0.858. The largest absolute Gasteiger partial charge is 0.325 e. The maximum Gasteiger partial charge on any atom is 0.325 e. The summed E-state index contributed by atoms with van der Waals surface area (Å²) >= 11 is 0. The molecule has 1 aromatic carbocycles. The molecule has 0 atom stereocenters. The minimum Gasteiger partial charge on any atom is -0.308 e. The maximum atomic E-state index is 12.3.